The second kappa shape index (κ2) is 3.71. The molecule has 0 bridgehead atoms. The van der Waals surface area contributed by atoms with Crippen LogP contribution in [-0.2, 0) is 0 Å². The number of aromatic nitrogens is 4. The second-order valence-corrected chi connectivity index (χ2v) is 3.89. The topological polar surface area (TPSA) is 66.7 Å². The third-order valence-electron chi connectivity index (χ3n) is 2.38. The predicted molar refractivity (Wildman–Crippen MR) is 61.1 cm³/mol. The van der Waals surface area contributed by atoms with Gasteiger partial charge in [0.1, 0.15) is 6.33 Å². The second-order valence-electron chi connectivity index (χ2n) is 3.45. The number of halogens is 1. The maximum absolute atomic E-state index is 11.5. The summed E-state index contributed by atoms with van der Waals surface area (Å²) in [6.45, 7) is 0. The average Bonchev–Trinajstić information content (AvgIpc) is 2.74. The van der Waals surface area contributed by atoms with Crippen molar-refractivity contribution in [2.75, 3.05) is 0 Å². The van der Waals surface area contributed by atoms with E-state index in [1.165, 1.54) is 12.5 Å². The molecule has 1 aromatic carbocycles. The summed E-state index contributed by atoms with van der Waals surface area (Å²) in [5.74, 6) is -0.330. The number of fused-ring (bicyclic) bond motifs is 1. The van der Waals surface area contributed by atoms with Crippen molar-refractivity contribution in [3.05, 3.63) is 41.8 Å². The molecular weight excluding hydrogens is 240 g/mol. The minimum absolute atomic E-state index is 0.330. The molecule has 0 aliphatic heterocycles. The lowest BCUT2D eigenvalue weighted by molar-refractivity contribution is -0.272. The third-order valence-corrected chi connectivity index (χ3v) is 2.62. The Morgan fingerprint density at radius 3 is 2.94 bits per heavy atom. The smallest absolute Gasteiger partial charge is 0.165 e. The van der Waals surface area contributed by atoms with Gasteiger partial charge in [-0.3, -0.25) is 4.98 Å². The zero-order valence-electron chi connectivity index (χ0n) is 8.54. The van der Waals surface area contributed by atoms with Gasteiger partial charge in [-0.15, -0.1) is 0 Å². The molecular formula is C11H6ClN4O-. The zero-order chi connectivity index (χ0) is 11.8. The Morgan fingerprint density at radius 1 is 1.24 bits per heavy atom. The van der Waals surface area contributed by atoms with Crippen LogP contribution in [0.15, 0.2) is 36.8 Å². The first kappa shape index (κ1) is 10.0. The van der Waals surface area contributed by atoms with Crippen LogP contribution in [0.5, 0.6) is 5.88 Å². The van der Waals surface area contributed by atoms with Crippen molar-refractivity contribution in [2.24, 2.45) is 0 Å². The number of benzene rings is 1. The molecule has 84 valence electrons. The van der Waals surface area contributed by atoms with Crippen LogP contribution in [0.3, 0.4) is 0 Å². The van der Waals surface area contributed by atoms with Crippen LogP contribution in [0, 0.1) is 0 Å². The Bertz CT molecular complexity index is 695. The normalized spacial score (nSPS) is 10.9. The minimum atomic E-state index is -0.330. The highest BCUT2D eigenvalue weighted by Crippen LogP contribution is 2.21. The van der Waals surface area contributed by atoms with E-state index in [9.17, 15) is 5.11 Å². The van der Waals surface area contributed by atoms with Crippen molar-refractivity contribution in [1.82, 2.24) is 19.7 Å². The highest BCUT2D eigenvalue weighted by molar-refractivity contribution is 6.30. The summed E-state index contributed by atoms with van der Waals surface area (Å²) in [4.78, 5) is 7.64. The molecule has 3 rings (SSSR count). The lowest BCUT2D eigenvalue weighted by Gasteiger charge is -2.05. The molecule has 0 amide bonds. The van der Waals surface area contributed by atoms with Gasteiger partial charge in [-0.2, -0.15) is 5.10 Å². The van der Waals surface area contributed by atoms with Crippen molar-refractivity contribution in [3.8, 4) is 11.6 Å². The molecule has 0 saturated carbocycles. The Kier molecular flexibility index (Phi) is 2.19. The van der Waals surface area contributed by atoms with E-state index in [0.29, 0.717) is 16.1 Å². The molecule has 0 fully saturated rings. The summed E-state index contributed by atoms with van der Waals surface area (Å²) in [5, 5.41) is 16.6. The molecule has 17 heavy (non-hydrogen) atoms. The Labute approximate surface area is 101 Å². The molecule has 2 aromatic heterocycles. The van der Waals surface area contributed by atoms with Gasteiger partial charge in [0, 0.05) is 10.9 Å². The minimum Gasteiger partial charge on any atom is -0.858 e. The van der Waals surface area contributed by atoms with Crippen LogP contribution < -0.4 is 5.11 Å². The maximum atomic E-state index is 11.5. The standard InChI is InChI=1S/C11H7ClN4O/c12-7-2-1-3-8(4-7)16-10-9(5-15-16)11(17)14-6-13-10/h1-6H,(H,13,14,17)/p-1. The van der Waals surface area contributed by atoms with Crippen LogP contribution in [0.4, 0.5) is 0 Å². The van der Waals surface area contributed by atoms with Crippen LogP contribution in [0.25, 0.3) is 16.7 Å². The Balaban J connectivity index is 2.28. The van der Waals surface area contributed by atoms with Gasteiger partial charge in [-0.25, -0.2) is 9.67 Å². The van der Waals surface area contributed by atoms with Crippen LogP contribution in [0.1, 0.15) is 0 Å². The number of hydrogen-bond donors (Lipinski definition) is 0. The molecule has 0 unspecified atom stereocenters. The molecule has 0 radical (unpaired) electrons. The lowest BCUT2D eigenvalue weighted by atomic mass is 10.3. The third kappa shape index (κ3) is 1.60. The summed E-state index contributed by atoms with van der Waals surface area (Å²) in [6, 6.07) is 7.17. The zero-order valence-corrected chi connectivity index (χ0v) is 9.30. The Hall–Kier alpha value is -2.14. The predicted octanol–water partition coefficient (Wildman–Crippen LogP) is 1.54. The molecule has 5 nitrogen and oxygen atoms in total. The monoisotopic (exact) mass is 245 g/mol. The summed E-state index contributed by atoms with van der Waals surface area (Å²) in [5.41, 5.74) is 1.23. The average molecular weight is 246 g/mol. The van der Waals surface area contributed by atoms with Gasteiger partial charge < -0.3 is 5.11 Å². The molecule has 0 saturated heterocycles. The molecule has 3 aromatic rings. The van der Waals surface area contributed by atoms with Crippen molar-refractivity contribution in [3.63, 3.8) is 0 Å². The molecule has 0 aliphatic carbocycles. The first-order valence-electron chi connectivity index (χ1n) is 4.87. The molecule has 2 heterocycles. The largest absolute Gasteiger partial charge is 0.858 e. The van der Waals surface area contributed by atoms with E-state index >= 15 is 0 Å². The van der Waals surface area contributed by atoms with E-state index in [1.807, 2.05) is 12.1 Å². The van der Waals surface area contributed by atoms with E-state index in [2.05, 4.69) is 15.1 Å². The van der Waals surface area contributed by atoms with Crippen molar-refractivity contribution >= 4 is 22.6 Å². The van der Waals surface area contributed by atoms with Gasteiger partial charge in [-0.1, -0.05) is 17.7 Å². The van der Waals surface area contributed by atoms with Gasteiger partial charge in [0.05, 0.1) is 17.3 Å². The molecule has 0 aliphatic rings. The van der Waals surface area contributed by atoms with Crippen LogP contribution >= 0.6 is 11.6 Å². The van der Waals surface area contributed by atoms with Crippen molar-refractivity contribution in [1.29, 1.82) is 0 Å². The van der Waals surface area contributed by atoms with Crippen molar-refractivity contribution in [2.45, 2.75) is 0 Å². The summed E-state index contributed by atoms with van der Waals surface area (Å²) in [7, 11) is 0. The highest BCUT2D eigenvalue weighted by Gasteiger charge is 2.06. The highest BCUT2D eigenvalue weighted by atomic mass is 35.5. The van der Waals surface area contributed by atoms with E-state index in [1.54, 1.807) is 16.8 Å². The quantitative estimate of drug-likeness (QED) is 0.652. The van der Waals surface area contributed by atoms with Gasteiger partial charge in [0.25, 0.3) is 0 Å². The number of rotatable bonds is 1. The van der Waals surface area contributed by atoms with E-state index in [4.69, 9.17) is 11.6 Å². The fourth-order valence-corrected chi connectivity index (χ4v) is 1.80. The SMILES string of the molecule is [O-]c1ncnc2c1cnn2-c1cccc(Cl)c1. The fourth-order valence-electron chi connectivity index (χ4n) is 1.62. The summed E-state index contributed by atoms with van der Waals surface area (Å²) in [6.07, 6.45) is 2.69. The lowest BCUT2D eigenvalue weighted by Crippen LogP contribution is -1.99. The van der Waals surface area contributed by atoms with Crippen LogP contribution in [-0.4, -0.2) is 19.7 Å². The van der Waals surface area contributed by atoms with Gasteiger partial charge in [-0.05, 0) is 18.2 Å². The first-order valence-corrected chi connectivity index (χ1v) is 5.25. The van der Waals surface area contributed by atoms with Gasteiger partial charge in [0.15, 0.2) is 5.65 Å². The van der Waals surface area contributed by atoms with Crippen LogP contribution in [0.2, 0.25) is 5.02 Å². The molecule has 0 atom stereocenters. The van der Waals surface area contributed by atoms with Gasteiger partial charge >= 0.3 is 0 Å². The van der Waals surface area contributed by atoms with E-state index in [-0.39, 0.29) is 5.88 Å². The van der Waals surface area contributed by atoms with E-state index < -0.39 is 0 Å². The maximum Gasteiger partial charge on any atom is 0.165 e. The summed E-state index contributed by atoms with van der Waals surface area (Å²) < 4.78 is 1.56. The fraction of sp³-hybridized carbons (Fsp3) is 0. The number of nitrogens with zero attached hydrogens (tertiary/aromatic N) is 4. The van der Waals surface area contributed by atoms with E-state index in [0.717, 1.165) is 5.69 Å². The molecule has 6 heteroatoms. The summed E-state index contributed by atoms with van der Waals surface area (Å²) >= 11 is 5.91. The van der Waals surface area contributed by atoms with Crippen molar-refractivity contribution < 1.29 is 5.11 Å². The Morgan fingerprint density at radius 2 is 2.12 bits per heavy atom. The first-order chi connectivity index (χ1) is 8.25. The van der Waals surface area contributed by atoms with Gasteiger partial charge in [0.2, 0.25) is 0 Å². The molecule has 0 N–H and O–H groups in total. The molecule has 0 spiro atoms. The number of hydrogen-bond acceptors (Lipinski definition) is 4.